The molecular weight excluding hydrogens is 447 g/mol. The Kier molecular flexibility index (Phi) is 8.00. The van der Waals surface area contributed by atoms with Crippen LogP contribution in [-0.2, 0) is 4.79 Å². The van der Waals surface area contributed by atoms with E-state index in [0.29, 0.717) is 18.1 Å². The van der Waals surface area contributed by atoms with Crippen molar-refractivity contribution in [3.8, 4) is 0 Å². The molecule has 0 saturated carbocycles. The molecule has 1 saturated heterocycles. The Hall–Kier alpha value is -1.98. The van der Waals surface area contributed by atoms with Crippen molar-refractivity contribution in [2.45, 2.75) is 13.0 Å². The number of carbonyl (C=O) groups excluding carboxylic acids is 2. The van der Waals surface area contributed by atoms with Gasteiger partial charge in [0.1, 0.15) is 0 Å². The molecule has 2 rings (SSSR count). The number of hydrogen-bond acceptors (Lipinski definition) is 3. The zero-order valence-electron chi connectivity index (χ0n) is 13.8. The molecule has 0 radical (unpaired) electrons. The second-order valence-electron chi connectivity index (χ2n) is 5.24. The van der Waals surface area contributed by atoms with Crippen LogP contribution in [0.15, 0.2) is 23.2 Å². The molecule has 3 N–H and O–H groups in total. The van der Waals surface area contributed by atoms with Crippen molar-refractivity contribution in [1.82, 2.24) is 20.9 Å². The van der Waals surface area contributed by atoms with E-state index in [0.717, 1.165) is 17.0 Å². The summed E-state index contributed by atoms with van der Waals surface area (Å²) in [7, 11) is 1.56. The minimum atomic E-state index is -0.914. The maximum atomic E-state index is 13.3. The lowest BCUT2D eigenvalue weighted by molar-refractivity contribution is -0.124. The van der Waals surface area contributed by atoms with E-state index in [1.165, 1.54) is 6.07 Å². The van der Waals surface area contributed by atoms with Gasteiger partial charge in [0.15, 0.2) is 17.6 Å². The van der Waals surface area contributed by atoms with Crippen molar-refractivity contribution < 1.29 is 18.4 Å². The molecule has 138 valence electrons. The first-order chi connectivity index (χ1) is 11.4. The fraction of sp³-hybridized carbons (Fsp3) is 0.400. The average Bonchev–Trinajstić information content (AvgIpc) is 2.88. The van der Waals surface area contributed by atoms with E-state index in [9.17, 15) is 18.4 Å². The summed E-state index contributed by atoms with van der Waals surface area (Å²) in [6.07, 6.45) is 0. The van der Waals surface area contributed by atoms with Gasteiger partial charge in [-0.2, -0.15) is 0 Å². The molecule has 25 heavy (non-hydrogen) atoms. The van der Waals surface area contributed by atoms with Gasteiger partial charge < -0.3 is 16.0 Å². The molecule has 0 aliphatic carbocycles. The van der Waals surface area contributed by atoms with E-state index in [1.807, 2.05) is 0 Å². The average molecular weight is 467 g/mol. The lowest BCUT2D eigenvalue weighted by Crippen LogP contribution is -2.43. The van der Waals surface area contributed by atoms with Crippen LogP contribution in [0.3, 0.4) is 0 Å². The first kappa shape index (κ1) is 21.1. The highest BCUT2D eigenvalue weighted by Gasteiger charge is 2.27. The number of amides is 3. The largest absolute Gasteiger partial charge is 0.355 e. The molecule has 1 atom stereocenters. The van der Waals surface area contributed by atoms with Gasteiger partial charge in [0.2, 0.25) is 5.91 Å². The molecule has 3 amide bonds. The second-order valence-corrected chi connectivity index (χ2v) is 5.24. The van der Waals surface area contributed by atoms with Gasteiger partial charge in [0.05, 0.1) is 12.6 Å². The van der Waals surface area contributed by atoms with Crippen molar-refractivity contribution >= 4 is 41.9 Å². The number of rotatable bonds is 5. The molecule has 0 spiro atoms. The third-order valence-electron chi connectivity index (χ3n) is 3.59. The summed E-state index contributed by atoms with van der Waals surface area (Å²) in [6.45, 7) is 2.30. The summed E-state index contributed by atoms with van der Waals surface area (Å²) < 4.78 is 26.3. The van der Waals surface area contributed by atoms with E-state index in [4.69, 9.17) is 0 Å². The Bertz CT molecular complexity index is 655. The van der Waals surface area contributed by atoms with E-state index >= 15 is 0 Å². The van der Waals surface area contributed by atoms with Crippen LogP contribution >= 0.6 is 24.0 Å². The van der Waals surface area contributed by atoms with Gasteiger partial charge in [-0.25, -0.2) is 13.6 Å². The Morgan fingerprint density at radius 2 is 2.08 bits per heavy atom. The molecule has 10 heteroatoms. The highest BCUT2D eigenvalue weighted by molar-refractivity contribution is 14.0. The summed E-state index contributed by atoms with van der Waals surface area (Å²) in [4.78, 5) is 28.0. The van der Waals surface area contributed by atoms with Crippen molar-refractivity contribution in [2.75, 3.05) is 26.7 Å². The van der Waals surface area contributed by atoms with Crippen molar-refractivity contribution in [1.29, 1.82) is 0 Å². The van der Waals surface area contributed by atoms with Crippen molar-refractivity contribution in [3.05, 3.63) is 35.4 Å². The number of nitrogens with one attached hydrogen (secondary N) is 3. The van der Waals surface area contributed by atoms with Crippen molar-refractivity contribution in [2.24, 2.45) is 4.99 Å². The molecule has 1 aliphatic rings. The van der Waals surface area contributed by atoms with Crippen LogP contribution < -0.4 is 16.0 Å². The molecule has 1 heterocycles. The van der Waals surface area contributed by atoms with Gasteiger partial charge in [0, 0.05) is 20.1 Å². The van der Waals surface area contributed by atoms with Gasteiger partial charge in [-0.15, -0.1) is 24.0 Å². The minimum absolute atomic E-state index is 0. The normalized spacial score (nSPS) is 15.5. The number of halogens is 3. The predicted molar refractivity (Wildman–Crippen MR) is 99.8 cm³/mol. The lowest BCUT2D eigenvalue weighted by atomic mass is 10.1. The fourth-order valence-corrected chi connectivity index (χ4v) is 2.23. The van der Waals surface area contributed by atoms with Crippen LogP contribution in [0.25, 0.3) is 0 Å². The molecule has 7 nitrogen and oxygen atoms in total. The molecule has 1 aromatic rings. The first-order valence-electron chi connectivity index (χ1n) is 7.42. The van der Waals surface area contributed by atoms with Gasteiger partial charge in [-0.1, -0.05) is 6.07 Å². The van der Waals surface area contributed by atoms with Crippen LogP contribution in [-0.4, -0.2) is 49.5 Å². The molecule has 1 unspecified atom stereocenters. The fourth-order valence-electron chi connectivity index (χ4n) is 2.23. The molecular formula is C15H20F2IN5O2. The zero-order valence-corrected chi connectivity index (χ0v) is 16.1. The van der Waals surface area contributed by atoms with Crippen LogP contribution in [0.4, 0.5) is 13.6 Å². The van der Waals surface area contributed by atoms with Crippen LogP contribution in [0.5, 0.6) is 0 Å². The third kappa shape index (κ3) is 5.51. The maximum Gasteiger partial charge on any atom is 0.324 e. The summed E-state index contributed by atoms with van der Waals surface area (Å²) in [5.41, 5.74) is 0.561. The molecule has 0 bridgehead atoms. The Labute approximate surface area is 161 Å². The van der Waals surface area contributed by atoms with Gasteiger partial charge in [0.25, 0.3) is 0 Å². The smallest absolute Gasteiger partial charge is 0.324 e. The third-order valence-corrected chi connectivity index (χ3v) is 3.59. The van der Waals surface area contributed by atoms with Gasteiger partial charge in [-0.05, 0) is 24.6 Å². The standard InChI is InChI=1S/C15H19F2N5O2.HI/c1-9(10-3-4-11(16)12(17)7-10)21-14(18-2)19-5-6-22-13(23)8-20-15(22)24;/h3-4,7,9H,5-6,8H2,1-2H3,(H,20,24)(H2,18,19,21);1H. The number of hydrogen-bond donors (Lipinski definition) is 3. The number of urea groups is 1. The number of carbonyl (C=O) groups is 2. The topological polar surface area (TPSA) is 85.8 Å². The van der Waals surface area contributed by atoms with E-state index < -0.39 is 17.7 Å². The first-order valence-corrected chi connectivity index (χ1v) is 7.42. The zero-order chi connectivity index (χ0) is 17.7. The lowest BCUT2D eigenvalue weighted by Gasteiger charge is -2.19. The van der Waals surface area contributed by atoms with E-state index in [2.05, 4.69) is 20.9 Å². The summed E-state index contributed by atoms with van der Waals surface area (Å²) in [6, 6.07) is 2.93. The highest BCUT2D eigenvalue weighted by Crippen LogP contribution is 2.15. The van der Waals surface area contributed by atoms with E-state index in [-0.39, 0.29) is 49.0 Å². The van der Waals surface area contributed by atoms with E-state index in [1.54, 1.807) is 14.0 Å². The Balaban J connectivity index is 0.00000312. The van der Waals surface area contributed by atoms with Crippen molar-refractivity contribution in [3.63, 3.8) is 0 Å². The van der Waals surface area contributed by atoms with Crippen LogP contribution in [0.1, 0.15) is 18.5 Å². The van der Waals surface area contributed by atoms with Gasteiger partial charge in [-0.3, -0.25) is 14.7 Å². The van der Waals surface area contributed by atoms with Crippen LogP contribution in [0, 0.1) is 11.6 Å². The maximum absolute atomic E-state index is 13.3. The number of imide groups is 1. The molecule has 1 aromatic carbocycles. The Morgan fingerprint density at radius 3 is 2.64 bits per heavy atom. The highest BCUT2D eigenvalue weighted by atomic mass is 127. The van der Waals surface area contributed by atoms with Crippen LogP contribution in [0.2, 0.25) is 0 Å². The summed E-state index contributed by atoms with van der Waals surface area (Å²) >= 11 is 0. The quantitative estimate of drug-likeness (QED) is 0.264. The number of aliphatic imine (C=N–C) groups is 1. The summed E-state index contributed by atoms with van der Waals surface area (Å²) in [5, 5.41) is 8.42. The number of guanidine groups is 1. The minimum Gasteiger partial charge on any atom is -0.355 e. The second kappa shape index (κ2) is 9.49. The summed E-state index contributed by atoms with van der Waals surface area (Å²) in [5.74, 6) is -1.68. The molecule has 0 aromatic heterocycles. The SMILES string of the molecule is CN=C(NCCN1C(=O)CNC1=O)NC(C)c1ccc(F)c(F)c1.I. The predicted octanol–water partition coefficient (Wildman–Crippen LogP) is 1.36. The molecule has 1 fully saturated rings. The number of nitrogens with zero attached hydrogens (tertiary/aromatic N) is 2. The monoisotopic (exact) mass is 467 g/mol. The van der Waals surface area contributed by atoms with Gasteiger partial charge >= 0.3 is 6.03 Å². The number of benzene rings is 1. The Morgan fingerprint density at radius 1 is 1.36 bits per heavy atom. The molecule has 1 aliphatic heterocycles.